The zero-order chi connectivity index (χ0) is 10.1. The topological polar surface area (TPSA) is 58.9 Å². The van der Waals surface area contributed by atoms with Crippen molar-refractivity contribution in [1.82, 2.24) is 4.98 Å². The van der Waals surface area contributed by atoms with Crippen molar-refractivity contribution in [3.05, 3.63) is 33.7 Å². The molecule has 1 aromatic rings. The van der Waals surface area contributed by atoms with E-state index < -0.39 is 0 Å². The molecule has 0 amide bonds. The Morgan fingerprint density at radius 2 is 2.00 bits per heavy atom. The largest absolute Gasteiger partial charge is 0.326 e. The van der Waals surface area contributed by atoms with Gasteiger partial charge in [0.25, 0.3) is 5.56 Å². The molecule has 0 saturated heterocycles. The van der Waals surface area contributed by atoms with Crippen molar-refractivity contribution in [2.75, 3.05) is 0 Å². The van der Waals surface area contributed by atoms with E-state index in [1.54, 1.807) is 6.07 Å². The minimum absolute atomic E-state index is 0.0215. The van der Waals surface area contributed by atoms with Gasteiger partial charge in [-0.15, -0.1) is 0 Å². The minimum Gasteiger partial charge on any atom is -0.326 e. The molecule has 0 fully saturated rings. The highest BCUT2D eigenvalue weighted by atomic mass is 16.1. The van der Waals surface area contributed by atoms with Crippen LogP contribution in [-0.2, 0) is 12.0 Å². The summed E-state index contributed by atoms with van der Waals surface area (Å²) in [6.45, 7) is 6.46. The number of hydrogen-bond acceptors (Lipinski definition) is 2. The lowest BCUT2D eigenvalue weighted by Crippen LogP contribution is -2.22. The van der Waals surface area contributed by atoms with Crippen LogP contribution in [0.2, 0.25) is 0 Å². The van der Waals surface area contributed by atoms with Crippen molar-refractivity contribution in [2.45, 2.75) is 32.7 Å². The first kappa shape index (κ1) is 9.99. The number of nitrogens with two attached hydrogens (primary N) is 1. The van der Waals surface area contributed by atoms with E-state index in [0.717, 1.165) is 5.69 Å². The van der Waals surface area contributed by atoms with E-state index in [9.17, 15) is 4.79 Å². The Morgan fingerprint density at radius 3 is 2.38 bits per heavy atom. The molecular formula is C10H16N2O. The average molecular weight is 180 g/mol. The summed E-state index contributed by atoms with van der Waals surface area (Å²) in [4.78, 5) is 14.2. The van der Waals surface area contributed by atoms with Gasteiger partial charge in [-0.05, 0) is 6.07 Å². The molecule has 0 aromatic carbocycles. The molecule has 1 aromatic heterocycles. The third-order valence-corrected chi connectivity index (χ3v) is 2.02. The van der Waals surface area contributed by atoms with Crippen LogP contribution in [0.3, 0.4) is 0 Å². The van der Waals surface area contributed by atoms with Crippen molar-refractivity contribution >= 4 is 0 Å². The van der Waals surface area contributed by atoms with E-state index in [0.29, 0.717) is 12.1 Å². The van der Waals surface area contributed by atoms with Gasteiger partial charge < -0.3 is 10.7 Å². The summed E-state index contributed by atoms with van der Waals surface area (Å²) in [7, 11) is 0. The summed E-state index contributed by atoms with van der Waals surface area (Å²) in [6.07, 6.45) is 0. The van der Waals surface area contributed by atoms with Gasteiger partial charge in [-0.3, -0.25) is 4.79 Å². The summed E-state index contributed by atoms with van der Waals surface area (Å²) in [5, 5.41) is 0. The van der Waals surface area contributed by atoms with Crippen LogP contribution < -0.4 is 11.3 Å². The molecule has 3 heteroatoms. The van der Waals surface area contributed by atoms with Gasteiger partial charge in [-0.1, -0.05) is 26.8 Å². The number of H-pyrrole nitrogens is 1. The second-order valence-electron chi connectivity index (χ2n) is 4.18. The quantitative estimate of drug-likeness (QED) is 0.680. The fraction of sp³-hybridized carbons (Fsp3) is 0.500. The zero-order valence-corrected chi connectivity index (χ0v) is 8.35. The molecule has 1 heterocycles. The van der Waals surface area contributed by atoms with Crippen LogP contribution >= 0.6 is 0 Å². The van der Waals surface area contributed by atoms with Crippen LogP contribution in [-0.4, -0.2) is 4.98 Å². The first-order valence-corrected chi connectivity index (χ1v) is 4.38. The third-order valence-electron chi connectivity index (χ3n) is 2.02. The van der Waals surface area contributed by atoms with E-state index in [1.165, 1.54) is 0 Å². The Morgan fingerprint density at radius 1 is 1.38 bits per heavy atom. The van der Waals surface area contributed by atoms with E-state index in [1.807, 2.05) is 6.07 Å². The van der Waals surface area contributed by atoms with Crippen molar-refractivity contribution in [3.63, 3.8) is 0 Å². The van der Waals surface area contributed by atoms with E-state index >= 15 is 0 Å². The number of aromatic amines is 1. The fourth-order valence-electron chi connectivity index (χ4n) is 1.10. The molecule has 0 radical (unpaired) electrons. The number of nitrogens with one attached hydrogen (secondary N) is 1. The molecule has 0 unspecified atom stereocenters. The highest BCUT2D eigenvalue weighted by molar-refractivity contribution is 5.18. The predicted octanol–water partition coefficient (Wildman–Crippen LogP) is 1.13. The SMILES string of the molecule is CC(C)(C)c1ccc(CN)c(=O)[nH]1. The maximum atomic E-state index is 11.4. The maximum Gasteiger partial charge on any atom is 0.252 e. The Kier molecular flexibility index (Phi) is 2.57. The summed E-state index contributed by atoms with van der Waals surface area (Å²) >= 11 is 0. The number of aromatic nitrogens is 1. The molecule has 3 nitrogen and oxygen atoms in total. The molecule has 0 aliphatic carbocycles. The normalized spacial score (nSPS) is 11.7. The maximum absolute atomic E-state index is 11.4. The summed E-state index contributed by atoms with van der Waals surface area (Å²) in [5.41, 5.74) is 6.87. The van der Waals surface area contributed by atoms with Crippen molar-refractivity contribution in [3.8, 4) is 0 Å². The Hall–Kier alpha value is -1.09. The third kappa shape index (κ3) is 2.18. The second kappa shape index (κ2) is 3.34. The van der Waals surface area contributed by atoms with Gasteiger partial charge in [0.2, 0.25) is 0 Å². The van der Waals surface area contributed by atoms with Crippen LogP contribution in [0.4, 0.5) is 0 Å². The van der Waals surface area contributed by atoms with Crippen LogP contribution in [0.1, 0.15) is 32.0 Å². The lowest BCUT2D eigenvalue weighted by Gasteiger charge is -2.18. The first-order chi connectivity index (χ1) is 5.95. The van der Waals surface area contributed by atoms with Crippen LogP contribution in [0.15, 0.2) is 16.9 Å². The van der Waals surface area contributed by atoms with Gasteiger partial charge in [0.15, 0.2) is 0 Å². The van der Waals surface area contributed by atoms with Gasteiger partial charge in [0, 0.05) is 23.2 Å². The van der Waals surface area contributed by atoms with Crippen LogP contribution in [0.5, 0.6) is 0 Å². The van der Waals surface area contributed by atoms with Gasteiger partial charge in [-0.2, -0.15) is 0 Å². The molecule has 72 valence electrons. The Bertz CT molecular complexity index is 347. The Balaban J connectivity index is 3.18. The smallest absolute Gasteiger partial charge is 0.252 e. The van der Waals surface area contributed by atoms with Gasteiger partial charge in [0.1, 0.15) is 0 Å². The molecule has 0 spiro atoms. The molecule has 0 saturated carbocycles. The van der Waals surface area contributed by atoms with Crippen molar-refractivity contribution < 1.29 is 0 Å². The number of hydrogen-bond donors (Lipinski definition) is 2. The molecule has 0 aliphatic rings. The average Bonchev–Trinajstić information content (AvgIpc) is 2.02. The lowest BCUT2D eigenvalue weighted by molar-refractivity contribution is 0.566. The monoisotopic (exact) mass is 180 g/mol. The fourth-order valence-corrected chi connectivity index (χ4v) is 1.10. The molecule has 0 aliphatic heterocycles. The van der Waals surface area contributed by atoms with E-state index in [-0.39, 0.29) is 11.0 Å². The van der Waals surface area contributed by atoms with Crippen molar-refractivity contribution in [2.24, 2.45) is 5.73 Å². The molecule has 0 atom stereocenters. The number of pyridine rings is 1. The minimum atomic E-state index is -0.0741. The number of rotatable bonds is 1. The standard InChI is InChI=1S/C10H16N2O/c1-10(2,3)8-5-4-7(6-11)9(13)12-8/h4-5H,6,11H2,1-3H3,(H,12,13). The summed E-state index contributed by atoms with van der Waals surface area (Å²) < 4.78 is 0. The van der Waals surface area contributed by atoms with Gasteiger partial charge in [-0.25, -0.2) is 0 Å². The molecule has 13 heavy (non-hydrogen) atoms. The predicted molar refractivity (Wildman–Crippen MR) is 53.7 cm³/mol. The zero-order valence-electron chi connectivity index (χ0n) is 8.35. The second-order valence-corrected chi connectivity index (χ2v) is 4.18. The highest BCUT2D eigenvalue weighted by Crippen LogP contribution is 2.18. The summed E-state index contributed by atoms with van der Waals surface area (Å²) in [5.74, 6) is 0. The first-order valence-electron chi connectivity index (χ1n) is 4.38. The van der Waals surface area contributed by atoms with Crippen LogP contribution in [0.25, 0.3) is 0 Å². The van der Waals surface area contributed by atoms with Crippen molar-refractivity contribution in [1.29, 1.82) is 0 Å². The van der Waals surface area contributed by atoms with Gasteiger partial charge >= 0.3 is 0 Å². The van der Waals surface area contributed by atoms with Crippen LogP contribution in [0, 0.1) is 0 Å². The summed E-state index contributed by atoms with van der Waals surface area (Å²) in [6, 6.07) is 3.71. The lowest BCUT2D eigenvalue weighted by atomic mass is 9.91. The molecule has 3 N–H and O–H groups in total. The molecular weight excluding hydrogens is 164 g/mol. The van der Waals surface area contributed by atoms with E-state index in [4.69, 9.17) is 5.73 Å². The Labute approximate surface area is 78.0 Å². The molecule has 0 bridgehead atoms. The van der Waals surface area contributed by atoms with E-state index in [2.05, 4.69) is 25.8 Å². The molecule has 1 rings (SSSR count). The highest BCUT2D eigenvalue weighted by Gasteiger charge is 2.14. The van der Waals surface area contributed by atoms with Gasteiger partial charge in [0.05, 0.1) is 0 Å².